The van der Waals surface area contributed by atoms with Crippen molar-refractivity contribution in [3.05, 3.63) is 72.2 Å². The molecule has 3 aromatic heterocycles. The number of carboxylic acid groups (broad SMARTS) is 1. The molecule has 2 N–H and O–H groups in total. The van der Waals surface area contributed by atoms with Crippen LogP contribution in [0.2, 0.25) is 0 Å². The molecule has 8 heteroatoms. The molecule has 148 valence electrons. The van der Waals surface area contributed by atoms with E-state index in [0.717, 1.165) is 10.9 Å². The molecule has 3 heterocycles. The van der Waals surface area contributed by atoms with E-state index in [1.54, 1.807) is 48.1 Å². The molecule has 0 unspecified atom stereocenters. The number of aromatic nitrogens is 4. The third-order valence-electron chi connectivity index (χ3n) is 4.89. The van der Waals surface area contributed by atoms with Crippen molar-refractivity contribution in [3.8, 4) is 22.9 Å². The van der Waals surface area contributed by atoms with E-state index in [1.807, 2.05) is 6.07 Å². The number of para-hydroxylation sites is 1. The topological polar surface area (TPSA) is 93.0 Å². The van der Waals surface area contributed by atoms with Gasteiger partial charge in [0.25, 0.3) is 0 Å². The Kier molecular flexibility index (Phi) is 3.99. The fourth-order valence-corrected chi connectivity index (χ4v) is 3.49. The van der Waals surface area contributed by atoms with Crippen LogP contribution in [0.3, 0.4) is 0 Å². The van der Waals surface area contributed by atoms with Crippen molar-refractivity contribution >= 4 is 27.9 Å². The Morgan fingerprint density at radius 2 is 2.00 bits per heavy atom. The van der Waals surface area contributed by atoms with E-state index < -0.39 is 11.8 Å². The van der Waals surface area contributed by atoms with Crippen molar-refractivity contribution in [3.63, 3.8) is 0 Å². The Morgan fingerprint density at radius 3 is 2.80 bits per heavy atom. The van der Waals surface area contributed by atoms with Crippen LogP contribution in [-0.2, 0) is 7.05 Å². The smallest absolute Gasteiger partial charge is 0.337 e. The van der Waals surface area contributed by atoms with Gasteiger partial charge in [-0.05, 0) is 36.4 Å². The summed E-state index contributed by atoms with van der Waals surface area (Å²) in [4.78, 5) is 18.9. The number of hydrogen-bond acceptors (Lipinski definition) is 4. The van der Waals surface area contributed by atoms with E-state index in [-0.39, 0.29) is 11.3 Å². The minimum Gasteiger partial charge on any atom is -0.478 e. The number of aromatic amines is 1. The minimum absolute atomic E-state index is 0.141. The normalized spacial score (nSPS) is 11.3. The van der Waals surface area contributed by atoms with E-state index in [9.17, 15) is 14.3 Å². The van der Waals surface area contributed by atoms with Gasteiger partial charge in [0.2, 0.25) is 0 Å². The van der Waals surface area contributed by atoms with Crippen molar-refractivity contribution in [2.75, 3.05) is 0 Å². The first kappa shape index (κ1) is 17.9. The SMILES string of the molecule is Cn1nc(-c2cc3nccc(C(=O)O)c3[nH]2)c2ccc(Oc3ccccc3F)cc21. The van der Waals surface area contributed by atoms with Gasteiger partial charge in [-0.25, -0.2) is 9.18 Å². The highest BCUT2D eigenvalue weighted by Crippen LogP contribution is 2.33. The van der Waals surface area contributed by atoms with Gasteiger partial charge >= 0.3 is 5.97 Å². The van der Waals surface area contributed by atoms with Crippen LogP contribution in [0.1, 0.15) is 10.4 Å². The summed E-state index contributed by atoms with van der Waals surface area (Å²) in [5.74, 6) is -0.851. The summed E-state index contributed by atoms with van der Waals surface area (Å²) in [6.45, 7) is 0. The van der Waals surface area contributed by atoms with Crippen LogP contribution < -0.4 is 4.74 Å². The number of benzene rings is 2. The second-order valence-electron chi connectivity index (χ2n) is 6.79. The Labute approximate surface area is 169 Å². The van der Waals surface area contributed by atoms with Gasteiger partial charge in [-0.15, -0.1) is 0 Å². The molecule has 0 aliphatic carbocycles. The van der Waals surface area contributed by atoms with Crippen LogP contribution in [0.15, 0.2) is 60.8 Å². The molecule has 7 nitrogen and oxygen atoms in total. The first-order valence-electron chi connectivity index (χ1n) is 9.12. The lowest BCUT2D eigenvalue weighted by molar-refractivity contribution is 0.0698. The molecule has 0 saturated heterocycles. The van der Waals surface area contributed by atoms with Gasteiger partial charge in [0.15, 0.2) is 11.6 Å². The zero-order valence-electron chi connectivity index (χ0n) is 15.8. The van der Waals surface area contributed by atoms with Crippen LogP contribution in [0.4, 0.5) is 4.39 Å². The van der Waals surface area contributed by atoms with Crippen LogP contribution in [0.25, 0.3) is 33.3 Å². The number of rotatable bonds is 4. The largest absolute Gasteiger partial charge is 0.478 e. The molecule has 0 fully saturated rings. The highest BCUT2D eigenvalue weighted by atomic mass is 19.1. The molecule has 5 aromatic rings. The average molecular weight is 402 g/mol. The van der Waals surface area contributed by atoms with Gasteiger partial charge in [0.05, 0.1) is 27.8 Å². The number of fused-ring (bicyclic) bond motifs is 2. The standard InChI is InChI=1S/C22H15FN4O3/c1-27-18-10-12(30-19-5-3-2-4-15(19)23)6-7-13(18)21(26-27)17-11-16-20(25-17)14(22(28)29)8-9-24-16/h2-11,25H,1H3,(H,28,29). The molecule has 0 aliphatic rings. The van der Waals surface area contributed by atoms with E-state index in [0.29, 0.717) is 28.2 Å². The number of nitrogens with zero attached hydrogens (tertiary/aromatic N) is 3. The van der Waals surface area contributed by atoms with Crippen LogP contribution in [0.5, 0.6) is 11.5 Å². The summed E-state index contributed by atoms with van der Waals surface area (Å²) in [5, 5.41) is 14.8. The van der Waals surface area contributed by atoms with Gasteiger partial charge in [-0.1, -0.05) is 12.1 Å². The first-order valence-corrected chi connectivity index (χ1v) is 9.12. The average Bonchev–Trinajstić information content (AvgIpc) is 3.30. The van der Waals surface area contributed by atoms with Gasteiger partial charge in [-0.3, -0.25) is 9.67 Å². The van der Waals surface area contributed by atoms with Crippen molar-refractivity contribution in [2.24, 2.45) is 7.05 Å². The third kappa shape index (κ3) is 2.86. The predicted octanol–water partition coefficient (Wildman–Crippen LogP) is 4.75. The molecule has 0 spiro atoms. The van der Waals surface area contributed by atoms with Gasteiger partial charge in [0, 0.05) is 24.7 Å². The molecular weight excluding hydrogens is 387 g/mol. The summed E-state index contributed by atoms with van der Waals surface area (Å²) in [6, 6.07) is 14.8. The third-order valence-corrected chi connectivity index (χ3v) is 4.89. The summed E-state index contributed by atoms with van der Waals surface area (Å²) < 4.78 is 21.3. The second kappa shape index (κ2) is 6.70. The zero-order chi connectivity index (χ0) is 20.8. The Bertz CT molecular complexity index is 1440. The molecule has 2 aromatic carbocycles. The van der Waals surface area contributed by atoms with E-state index >= 15 is 0 Å². The number of ether oxygens (including phenoxy) is 1. The summed E-state index contributed by atoms with van der Waals surface area (Å²) in [6.07, 6.45) is 1.46. The zero-order valence-corrected chi connectivity index (χ0v) is 15.8. The van der Waals surface area contributed by atoms with Crippen molar-refractivity contribution in [1.29, 1.82) is 0 Å². The van der Waals surface area contributed by atoms with E-state index in [1.165, 1.54) is 18.3 Å². The number of carboxylic acids is 1. The number of nitrogens with one attached hydrogen (secondary N) is 1. The first-order chi connectivity index (χ1) is 14.5. The molecule has 0 atom stereocenters. The summed E-state index contributed by atoms with van der Waals surface area (Å²) >= 11 is 0. The van der Waals surface area contributed by atoms with Crippen LogP contribution in [-0.4, -0.2) is 30.8 Å². The number of aryl methyl sites for hydroxylation is 1. The van der Waals surface area contributed by atoms with E-state index in [4.69, 9.17) is 4.74 Å². The van der Waals surface area contributed by atoms with Crippen LogP contribution in [0, 0.1) is 5.82 Å². The Balaban J connectivity index is 1.60. The molecule has 0 bridgehead atoms. The monoisotopic (exact) mass is 402 g/mol. The molecule has 0 radical (unpaired) electrons. The Hall–Kier alpha value is -4.20. The molecule has 0 aliphatic heterocycles. The van der Waals surface area contributed by atoms with Crippen molar-refractivity contribution < 1.29 is 19.0 Å². The molecule has 30 heavy (non-hydrogen) atoms. The molecule has 0 amide bonds. The fourth-order valence-electron chi connectivity index (χ4n) is 3.49. The second-order valence-corrected chi connectivity index (χ2v) is 6.79. The predicted molar refractivity (Wildman–Crippen MR) is 109 cm³/mol. The van der Waals surface area contributed by atoms with Crippen molar-refractivity contribution in [2.45, 2.75) is 0 Å². The van der Waals surface area contributed by atoms with Gasteiger partial charge < -0.3 is 14.8 Å². The van der Waals surface area contributed by atoms with Crippen LogP contribution >= 0.6 is 0 Å². The maximum atomic E-state index is 13.9. The van der Waals surface area contributed by atoms with Gasteiger partial charge in [-0.2, -0.15) is 5.10 Å². The summed E-state index contributed by atoms with van der Waals surface area (Å²) in [7, 11) is 1.79. The molecular formula is C22H15FN4O3. The highest BCUT2D eigenvalue weighted by molar-refractivity contribution is 6.03. The fraction of sp³-hybridized carbons (Fsp3) is 0.0455. The van der Waals surface area contributed by atoms with E-state index in [2.05, 4.69) is 15.1 Å². The minimum atomic E-state index is -1.03. The Morgan fingerprint density at radius 1 is 1.17 bits per heavy atom. The number of pyridine rings is 1. The maximum absolute atomic E-state index is 13.9. The lowest BCUT2D eigenvalue weighted by Gasteiger charge is -2.07. The maximum Gasteiger partial charge on any atom is 0.337 e. The number of carbonyl (C=O) groups is 1. The number of aromatic carboxylic acids is 1. The lowest BCUT2D eigenvalue weighted by atomic mass is 10.1. The highest BCUT2D eigenvalue weighted by Gasteiger charge is 2.17. The molecule has 5 rings (SSSR count). The van der Waals surface area contributed by atoms with Gasteiger partial charge in [0.1, 0.15) is 11.4 Å². The number of hydrogen-bond donors (Lipinski definition) is 2. The van der Waals surface area contributed by atoms with Crippen molar-refractivity contribution in [1.82, 2.24) is 19.7 Å². The summed E-state index contributed by atoms with van der Waals surface area (Å²) in [5.41, 5.74) is 3.22. The number of halogens is 1. The lowest BCUT2D eigenvalue weighted by Crippen LogP contribution is -1.97. The quantitative estimate of drug-likeness (QED) is 0.453. The number of H-pyrrole nitrogens is 1. The molecule has 0 saturated carbocycles.